The molecule has 0 spiro atoms. The standard InChI is InChI=1S/2C25H20FN3O3/c2*1-30-22-11-16(12-23(31-2)25(22)32-3)15-8-9-19-17(10-15)24-20(13-27-19)28-14-29(24)21-7-5-4-6-18(21)26/h2*4-14H,1-3H3. The molecule has 0 aliphatic carbocycles. The van der Waals surface area contributed by atoms with Gasteiger partial charge in [-0.25, -0.2) is 18.7 Å². The Kier molecular flexibility index (Phi) is 11.1. The molecule has 0 radical (unpaired) electrons. The van der Waals surface area contributed by atoms with Crippen LogP contribution in [-0.2, 0) is 0 Å². The van der Waals surface area contributed by atoms with Crippen molar-refractivity contribution in [3.05, 3.63) is 146 Å². The quantitative estimate of drug-likeness (QED) is 0.132. The monoisotopic (exact) mass is 858 g/mol. The SMILES string of the molecule is COc1cc(-c2ccc3ncc4ncn(-c5ccccc5F)c4c3c2)cc(OC)c1OC.COc1cc(-c2ccc3ncc4ncn(-c5ccccc5F)c4c3c2)cc(OC)c1OC. The molecule has 14 heteroatoms. The van der Waals surface area contributed by atoms with Gasteiger partial charge in [0.2, 0.25) is 11.5 Å². The fourth-order valence-corrected chi connectivity index (χ4v) is 7.90. The first-order valence-electron chi connectivity index (χ1n) is 19.9. The molecule has 0 saturated heterocycles. The first-order valence-corrected chi connectivity index (χ1v) is 19.9. The number of fused-ring (bicyclic) bond motifs is 6. The maximum atomic E-state index is 14.6. The minimum absolute atomic E-state index is 0.322. The number of halogens is 2. The average molecular weight is 859 g/mol. The molecule has 0 N–H and O–H groups in total. The number of para-hydroxylation sites is 2. The molecule has 0 aliphatic heterocycles. The number of ether oxygens (including phenoxy) is 6. The number of aromatic nitrogens is 6. The van der Waals surface area contributed by atoms with E-state index in [4.69, 9.17) is 28.4 Å². The molecule has 320 valence electrons. The Bertz CT molecular complexity index is 3100. The summed E-state index contributed by atoms with van der Waals surface area (Å²) in [5.41, 5.74) is 8.99. The molecule has 10 rings (SSSR count). The highest BCUT2D eigenvalue weighted by molar-refractivity contribution is 6.05. The Labute approximate surface area is 365 Å². The predicted octanol–water partition coefficient (Wildman–Crippen LogP) is 10.8. The number of rotatable bonds is 10. The second kappa shape index (κ2) is 17.2. The summed E-state index contributed by atoms with van der Waals surface area (Å²) in [6, 6.07) is 32.7. The van der Waals surface area contributed by atoms with Gasteiger partial charge in [0.1, 0.15) is 35.3 Å². The van der Waals surface area contributed by atoms with Crippen molar-refractivity contribution in [2.45, 2.75) is 0 Å². The lowest BCUT2D eigenvalue weighted by Gasteiger charge is -2.15. The molecule has 0 fully saturated rings. The third kappa shape index (κ3) is 7.23. The van der Waals surface area contributed by atoms with Crippen LogP contribution < -0.4 is 28.4 Å². The van der Waals surface area contributed by atoms with E-state index in [1.165, 1.54) is 12.1 Å². The van der Waals surface area contributed by atoms with Crippen molar-refractivity contribution in [3.8, 4) is 68.1 Å². The highest BCUT2D eigenvalue weighted by Gasteiger charge is 2.19. The summed E-state index contributed by atoms with van der Waals surface area (Å²) in [6.45, 7) is 0. The summed E-state index contributed by atoms with van der Waals surface area (Å²) in [7, 11) is 9.48. The number of benzene rings is 6. The van der Waals surface area contributed by atoms with Gasteiger partial charge in [-0.2, -0.15) is 0 Å². The Morgan fingerprint density at radius 2 is 0.766 bits per heavy atom. The van der Waals surface area contributed by atoms with Gasteiger partial charge < -0.3 is 28.4 Å². The van der Waals surface area contributed by atoms with Crippen LogP contribution in [-0.4, -0.2) is 71.7 Å². The van der Waals surface area contributed by atoms with Gasteiger partial charge in [0.25, 0.3) is 0 Å². The molecule has 0 amide bonds. The van der Waals surface area contributed by atoms with E-state index in [1.54, 1.807) is 113 Å². The molecule has 0 atom stereocenters. The summed E-state index contributed by atoms with van der Waals surface area (Å²) in [5.74, 6) is 2.67. The van der Waals surface area contributed by atoms with Crippen LogP contribution in [0.1, 0.15) is 0 Å². The number of hydrogen-bond acceptors (Lipinski definition) is 10. The van der Waals surface area contributed by atoms with E-state index in [0.717, 1.165) is 55.1 Å². The van der Waals surface area contributed by atoms with E-state index < -0.39 is 0 Å². The molecule has 0 unspecified atom stereocenters. The number of nitrogens with zero attached hydrogens (tertiary/aromatic N) is 6. The summed E-state index contributed by atoms with van der Waals surface area (Å²) in [4.78, 5) is 17.9. The minimum atomic E-state index is -0.322. The van der Waals surface area contributed by atoms with E-state index in [1.807, 2.05) is 60.7 Å². The molecule has 0 aliphatic rings. The van der Waals surface area contributed by atoms with Gasteiger partial charge in [-0.3, -0.25) is 19.1 Å². The number of methoxy groups -OCH3 is 6. The zero-order valence-electron chi connectivity index (χ0n) is 35.6. The topological polar surface area (TPSA) is 117 Å². The van der Waals surface area contributed by atoms with Crippen LogP contribution in [0.3, 0.4) is 0 Å². The average Bonchev–Trinajstić information content (AvgIpc) is 3.98. The lowest BCUT2D eigenvalue weighted by molar-refractivity contribution is 0.324. The molecule has 64 heavy (non-hydrogen) atoms. The summed E-state index contributed by atoms with van der Waals surface area (Å²) in [5, 5.41) is 1.71. The van der Waals surface area contributed by atoms with Gasteiger partial charge in [-0.1, -0.05) is 36.4 Å². The van der Waals surface area contributed by atoms with Crippen LogP contribution in [0.5, 0.6) is 34.5 Å². The van der Waals surface area contributed by atoms with Gasteiger partial charge in [0.05, 0.1) is 88.5 Å². The fourth-order valence-electron chi connectivity index (χ4n) is 7.90. The summed E-state index contributed by atoms with van der Waals surface area (Å²) < 4.78 is 65.5. The summed E-state index contributed by atoms with van der Waals surface area (Å²) >= 11 is 0. The molecular formula is C50H40F2N6O6. The Hall–Kier alpha value is -8.26. The van der Waals surface area contributed by atoms with Gasteiger partial charge in [0, 0.05) is 10.8 Å². The third-order valence-electron chi connectivity index (χ3n) is 11.0. The van der Waals surface area contributed by atoms with Crippen molar-refractivity contribution >= 4 is 43.9 Å². The third-order valence-corrected chi connectivity index (χ3v) is 11.0. The lowest BCUT2D eigenvalue weighted by atomic mass is 10.0. The van der Waals surface area contributed by atoms with E-state index in [0.29, 0.717) is 56.9 Å². The van der Waals surface area contributed by atoms with E-state index in [-0.39, 0.29) is 11.6 Å². The number of imidazole rings is 2. The van der Waals surface area contributed by atoms with Crippen molar-refractivity contribution < 1.29 is 37.2 Å². The van der Waals surface area contributed by atoms with Crippen LogP contribution in [0.15, 0.2) is 134 Å². The van der Waals surface area contributed by atoms with E-state index in [9.17, 15) is 8.78 Å². The molecule has 4 heterocycles. The second-order valence-corrected chi connectivity index (χ2v) is 14.4. The van der Waals surface area contributed by atoms with Crippen LogP contribution >= 0.6 is 0 Å². The second-order valence-electron chi connectivity index (χ2n) is 14.4. The van der Waals surface area contributed by atoms with Crippen molar-refractivity contribution in [1.29, 1.82) is 0 Å². The van der Waals surface area contributed by atoms with Gasteiger partial charge in [-0.15, -0.1) is 0 Å². The number of hydrogen-bond donors (Lipinski definition) is 0. The maximum absolute atomic E-state index is 14.6. The van der Waals surface area contributed by atoms with Crippen LogP contribution in [0.2, 0.25) is 0 Å². The highest BCUT2D eigenvalue weighted by atomic mass is 19.1. The molecule has 0 bridgehead atoms. The van der Waals surface area contributed by atoms with Crippen molar-refractivity contribution in [3.63, 3.8) is 0 Å². The van der Waals surface area contributed by atoms with Gasteiger partial charge in [-0.05, 0) is 95.1 Å². The normalized spacial score (nSPS) is 11.1. The highest BCUT2D eigenvalue weighted by Crippen LogP contribution is 2.43. The van der Waals surface area contributed by atoms with E-state index >= 15 is 0 Å². The maximum Gasteiger partial charge on any atom is 0.203 e. The van der Waals surface area contributed by atoms with E-state index in [2.05, 4.69) is 19.9 Å². The predicted molar refractivity (Wildman–Crippen MR) is 243 cm³/mol. The summed E-state index contributed by atoms with van der Waals surface area (Å²) in [6.07, 6.45) is 6.65. The molecule has 0 saturated carbocycles. The molecular weight excluding hydrogens is 819 g/mol. The largest absolute Gasteiger partial charge is 0.493 e. The van der Waals surface area contributed by atoms with Gasteiger partial charge >= 0.3 is 0 Å². The van der Waals surface area contributed by atoms with Crippen molar-refractivity contribution in [2.24, 2.45) is 0 Å². The molecule has 10 aromatic rings. The Balaban J connectivity index is 0.000000162. The zero-order chi connectivity index (χ0) is 44.5. The Morgan fingerprint density at radius 3 is 1.11 bits per heavy atom. The minimum Gasteiger partial charge on any atom is -0.493 e. The molecule has 4 aromatic heterocycles. The molecule has 12 nitrogen and oxygen atoms in total. The van der Waals surface area contributed by atoms with Crippen LogP contribution in [0.25, 0.3) is 77.5 Å². The first-order chi connectivity index (χ1) is 31.3. The van der Waals surface area contributed by atoms with Gasteiger partial charge in [0.15, 0.2) is 23.0 Å². The fraction of sp³-hybridized carbons (Fsp3) is 0.120. The lowest BCUT2D eigenvalue weighted by Crippen LogP contribution is -1.97. The molecule has 6 aromatic carbocycles. The number of pyridine rings is 2. The van der Waals surface area contributed by atoms with Crippen molar-refractivity contribution in [2.75, 3.05) is 42.7 Å². The van der Waals surface area contributed by atoms with Crippen molar-refractivity contribution in [1.82, 2.24) is 29.1 Å². The smallest absolute Gasteiger partial charge is 0.203 e. The first kappa shape index (κ1) is 41.1. The zero-order valence-corrected chi connectivity index (χ0v) is 35.6. The Morgan fingerprint density at radius 1 is 0.391 bits per heavy atom. The van der Waals surface area contributed by atoms with Crippen LogP contribution in [0.4, 0.5) is 8.78 Å². The van der Waals surface area contributed by atoms with Crippen LogP contribution in [0, 0.1) is 11.6 Å².